The molecule has 0 saturated carbocycles. The fourth-order valence-corrected chi connectivity index (χ4v) is 2.62. The molecule has 0 spiro atoms. The van der Waals surface area contributed by atoms with Crippen molar-refractivity contribution in [1.82, 2.24) is 0 Å². The van der Waals surface area contributed by atoms with Crippen LogP contribution < -0.4 is 0 Å². The summed E-state index contributed by atoms with van der Waals surface area (Å²) in [5.41, 5.74) is 2.39. The lowest BCUT2D eigenvalue weighted by atomic mass is 9.80. The predicted octanol–water partition coefficient (Wildman–Crippen LogP) is 4.72. The van der Waals surface area contributed by atoms with Gasteiger partial charge in [-0.25, -0.2) is 4.39 Å². The summed E-state index contributed by atoms with van der Waals surface area (Å²) in [7, 11) is 0. The van der Waals surface area contributed by atoms with E-state index in [4.69, 9.17) is 11.6 Å². The predicted molar refractivity (Wildman–Crippen MR) is 68.6 cm³/mol. The van der Waals surface area contributed by atoms with Crippen LogP contribution in [0.5, 0.6) is 0 Å². The van der Waals surface area contributed by atoms with Crippen molar-refractivity contribution in [1.29, 1.82) is 0 Å². The molecule has 0 heterocycles. The zero-order valence-electron chi connectivity index (χ0n) is 10.5. The van der Waals surface area contributed by atoms with Crippen molar-refractivity contribution in [2.45, 2.75) is 45.9 Å². The Morgan fingerprint density at radius 1 is 1.38 bits per heavy atom. The van der Waals surface area contributed by atoms with Crippen molar-refractivity contribution in [2.24, 2.45) is 5.41 Å². The summed E-state index contributed by atoms with van der Waals surface area (Å²) in [5, 5.41) is 0.177. The third kappa shape index (κ3) is 4.13. The van der Waals surface area contributed by atoms with Gasteiger partial charge in [-0.1, -0.05) is 19.9 Å². The summed E-state index contributed by atoms with van der Waals surface area (Å²) in [6.07, 6.45) is 1.90. The van der Waals surface area contributed by atoms with E-state index in [1.54, 1.807) is 6.07 Å². The molecule has 0 aliphatic heterocycles. The minimum Gasteiger partial charge on any atom is -0.207 e. The number of halogens is 2. The SMILES string of the molecule is Cc1cc(F)ccc1CC(C)(C)CC(C)Cl. The molecule has 0 nitrogen and oxygen atoms in total. The second kappa shape index (κ2) is 5.18. The Bertz CT molecular complexity index is 356. The van der Waals surface area contributed by atoms with Gasteiger partial charge >= 0.3 is 0 Å². The van der Waals surface area contributed by atoms with Crippen LogP contribution in [0.3, 0.4) is 0 Å². The average molecular weight is 243 g/mol. The highest BCUT2D eigenvalue weighted by molar-refractivity contribution is 6.20. The fraction of sp³-hybridized carbons (Fsp3) is 0.571. The normalized spacial score (nSPS) is 13.9. The highest BCUT2D eigenvalue weighted by Gasteiger charge is 2.21. The van der Waals surface area contributed by atoms with Gasteiger partial charge in [0.05, 0.1) is 0 Å². The summed E-state index contributed by atoms with van der Waals surface area (Å²) in [4.78, 5) is 0. The van der Waals surface area contributed by atoms with E-state index in [1.165, 1.54) is 11.6 Å². The Hall–Kier alpha value is -0.560. The molecule has 0 aromatic heterocycles. The van der Waals surface area contributed by atoms with E-state index < -0.39 is 0 Å². The summed E-state index contributed by atoms with van der Waals surface area (Å²) in [6.45, 7) is 8.38. The average Bonchev–Trinajstić information content (AvgIpc) is 2.07. The summed E-state index contributed by atoms with van der Waals surface area (Å²) >= 11 is 6.03. The van der Waals surface area contributed by atoms with Crippen molar-refractivity contribution in [3.05, 3.63) is 35.1 Å². The third-order valence-corrected chi connectivity index (χ3v) is 2.96. The quantitative estimate of drug-likeness (QED) is 0.671. The van der Waals surface area contributed by atoms with E-state index in [9.17, 15) is 4.39 Å². The molecule has 2 heteroatoms. The zero-order chi connectivity index (χ0) is 12.3. The molecule has 0 saturated heterocycles. The van der Waals surface area contributed by atoms with Crippen LogP contribution in [-0.4, -0.2) is 5.38 Å². The maximum atomic E-state index is 13.0. The molecule has 0 radical (unpaired) electrons. The van der Waals surface area contributed by atoms with E-state index in [2.05, 4.69) is 13.8 Å². The van der Waals surface area contributed by atoms with Crippen LogP contribution in [0.1, 0.15) is 38.3 Å². The van der Waals surface area contributed by atoms with Crippen molar-refractivity contribution >= 4 is 11.6 Å². The van der Waals surface area contributed by atoms with E-state index in [0.717, 1.165) is 18.4 Å². The molecule has 0 aliphatic rings. The number of benzene rings is 1. The van der Waals surface area contributed by atoms with Crippen LogP contribution in [0, 0.1) is 18.2 Å². The first-order valence-corrected chi connectivity index (χ1v) is 6.13. The molecular formula is C14H20ClF. The van der Waals surface area contributed by atoms with Crippen molar-refractivity contribution in [3.8, 4) is 0 Å². The van der Waals surface area contributed by atoms with Gasteiger partial charge < -0.3 is 0 Å². The Kier molecular flexibility index (Phi) is 4.37. The molecule has 1 unspecified atom stereocenters. The Labute approximate surface area is 103 Å². The number of hydrogen-bond acceptors (Lipinski definition) is 0. The number of rotatable bonds is 4. The topological polar surface area (TPSA) is 0 Å². The van der Waals surface area contributed by atoms with Crippen LogP contribution in [-0.2, 0) is 6.42 Å². The summed E-state index contributed by atoms with van der Waals surface area (Å²) in [6, 6.07) is 5.00. The first kappa shape index (κ1) is 13.5. The van der Waals surface area contributed by atoms with E-state index in [1.807, 2.05) is 19.9 Å². The molecule has 1 aromatic carbocycles. The second-order valence-electron chi connectivity index (χ2n) is 5.40. The lowest BCUT2D eigenvalue weighted by Gasteiger charge is -2.26. The minimum atomic E-state index is -0.162. The van der Waals surface area contributed by atoms with Crippen LogP contribution in [0.4, 0.5) is 4.39 Å². The maximum absolute atomic E-state index is 13.0. The number of hydrogen-bond donors (Lipinski definition) is 0. The van der Waals surface area contributed by atoms with E-state index in [-0.39, 0.29) is 16.6 Å². The molecule has 1 atom stereocenters. The van der Waals surface area contributed by atoms with Gasteiger partial charge in [0.2, 0.25) is 0 Å². The lowest BCUT2D eigenvalue weighted by molar-refractivity contribution is 0.331. The van der Waals surface area contributed by atoms with Crippen LogP contribution >= 0.6 is 11.6 Å². The monoisotopic (exact) mass is 242 g/mol. The highest BCUT2D eigenvalue weighted by Crippen LogP contribution is 2.30. The second-order valence-corrected chi connectivity index (χ2v) is 6.14. The van der Waals surface area contributed by atoms with Gasteiger partial charge in [0, 0.05) is 5.38 Å². The molecular weight excluding hydrogens is 223 g/mol. The van der Waals surface area contributed by atoms with Gasteiger partial charge in [-0.15, -0.1) is 11.6 Å². The summed E-state index contributed by atoms with van der Waals surface area (Å²) < 4.78 is 13.0. The number of aryl methyl sites for hydroxylation is 1. The molecule has 0 N–H and O–H groups in total. The zero-order valence-corrected chi connectivity index (χ0v) is 11.2. The molecule has 1 aromatic rings. The van der Waals surface area contributed by atoms with Gasteiger partial charge in [-0.3, -0.25) is 0 Å². The fourth-order valence-electron chi connectivity index (χ4n) is 2.21. The third-order valence-electron chi connectivity index (χ3n) is 2.81. The molecule has 0 aliphatic carbocycles. The summed E-state index contributed by atoms with van der Waals surface area (Å²) in [5.74, 6) is -0.162. The van der Waals surface area contributed by atoms with Crippen molar-refractivity contribution in [2.75, 3.05) is 0 Å². The van der Waals surface area contributed by atoms with Gasteiger partial charge in [0.15, 0.2) is 0 Å². The molecule has 90 valence electrons. The Morgan fingerprint density at radius 2 is 2.00 bits per heavy atom. The van der Waals surface area contributed by atoms with E-state index >= 15 is 0 Å². The van der Waals surface area contributed by atoms with Crippen molar-refractivity contribution < 1.29 is 4.39 Å². The maximum Gasteiger partial charge on any atom is 0.123 e. The van der Waals surface area contributed by atoms with Crippen molar-refractivity contribution in [3.63, 3.8) is 0 Å². The molecule has 0 amide bonds. The smallest absolute Gasteiger partial charge is 0.123 e. The lowest BCUT2D eigenvalue weighted by Crippen LogP contribution is -2.19. The Morgan fingerprint density at radius 3 is 2.50 bits per heavy atom. The highest BCUT2D eigenvalue weighted by atomic mass is 35.5. The minimum absolute atomic E-state index is 0.157. The van der Waals surface area contributed by atoms with E-state index in [0.29, 0.717) is 0 Å². The van der Waals surface area contributed by atoms with Gasteiger partial charge in [-0.05, 0) is 55.4 Å². The van der Waals surface area contributed by atoms with Gasteiger partial charge in [-0.2, -0.15) is 0 Å². The first-order chi connectivity index (χ1) is 7.30. The van der Waals surface area contributed by atoms with Gasteiger partial charge in [0.1, 0.15) is 5.82 Å². The molecule has 0 bridgehead atoms. The largest absolute Gasteiger partial charge is 0.207 e. The van der Waals surface area contributed by atoms with Gasteiger partial charge in [0.25, 0.3) is 0 Å². The standard InChI is InChI=1S/C14H20ClF/c1-10-7-13(16)6-5-12(10)9-14(3,4)8-11(2)15/h5-7,11H,8-9H2,1-4H3. The first-order valence-electron chi connectivity index (χ1n) is 5.69. The van der Waals surface area contributed by atoms with Crippen LogP contribution in [0.2, 0.25) is 0 Å². The van der Waals surface area contributed by atoms with Crippen LogP contribution in [0.25, 0.3) is 0 Å². The molecule has 1 rings (SSSR count). The molecule has 16 heavy (non-hydrogen) atoms. The number of alkyl halides is 1. The molecule has 0 fully saturated rings. The van der Waals surface area contributed by atoms with Crippen LogP contribution in [0.15, 0.2) is 18.2 Å². The Balaban J connectivity index is 2.79.